The van der Waals surface area contributed by atoms with E-state index in [-0.39, 0.29) is 47.4 Å². The van der Waals surface area contributed by atoms with Gasteiger partial charge in [0.15, 0.2) is 0 Å². The fraction of sp³-hybridized carbons (Fsp3) is 0.185. The highest BCUT2D eigenvalue weighted by atomic mass is 35.5. The van der Waals surface area contributed by atoms with Gasteiger partial charge in [-0.25, -0.2) is 27.3 Å². The number of rotatable bonds is 6. The van der Waals surface area contributed by atoms with Gasteiger partial charge >= 0.3 is 0 Å². The number of piperidine rings is 2. The lowest BCUT2D eigenvalue weighted by Gasteiger charge is -2.34. The van der Waals surface area contributed by atoms with E-state index in [0.29, 0.717) is 59.6 Å². The van der Waals surface area contributed by atoms with Crippen LogP contribution >= 0.6 is 12.4 Å². The van der Waals surface area contributed by atoms with Crippen LogP contribution in [0.5, 0.6) is 11.5 Å². The second-order valence-corrected chi connectivity index (χ2v) is 17.0. The highest BCUT2D eigenvalue weighted by molar-refractivity contribution is 6.03. The molecule has 4 heterocycles. The Morgan fingerprint density at radius 3 is 1.20 bits per heavy atom. The molecular weight excluding hydrogens is 904 g/mol. The number of aromatic hydroxyl groups is 2. The minimum absolute atomic E-state index is 0. The SMILES string of the molecule is Cl.[C-]#[N+]c1cccc(-c2ccc3ncc(-c4cc(F)cc(F)c4)c(N4CCC(N)CC4)c3c2)c1O.[C-]#[N+]c1cccc(-c2ccc3ncc(-c4cc(F)cc(F)c4)c(N4CCC(N)CC4)c3c2)c1O. The molecule has 0 bridgehead atoms. The van der Waals surface area contributed by atoms with Gasteiger partial charge in [-0.1, -0.05) is 48.5 Å². The van der Waals surface area contributed by atoms with Crippen LogP contribution in [0, 0.1) is 36.4 Å². The Morgan fingerprint density at radius 1 is 0.493 bits per heavy atom. The molecule has 348 valence electrons. The third kappa shape index (κ3) is 9.82. The molecule has 15 heteroatoms. The Bertz CT molecular complexity index is 3070. The lowest BCUT2D eigenvalue weighted by molar-refractivity contribution is 0.480. The van der Waals surface area contributed by atoms with Gasteiger partial charge in [-0.3, -0.25) is 9.97 Å². The Labute approximate surface area is 402 Å². The van der Waals surface area contributed by atoms with Crippen molar-refractivity contribution in [2.75, 3.05) is 36.0 Å². The van der Waals surface area contributed by atoms with E-state index in [2.05, 4.69) is 29.5 Å². The molecule has 2 saturated heterocycles. The summed E-state index contributed by atoms with van der Waals surface area (Å²) in [6.07, 6.45) is 6.50. The summed E-state index contributed by atoms with van der Waals surface area (Å²) in [6, 6.07) is 28.4. The molecule has 6 N–H and O–H groups in total. The molecule has 8 aromatic rings. The van der Waals surface area contributed by atoms with Crippen LogP contribution in [0.3, 0.4) is 0 Å². The van der Waals surface area contributed by atoms with Gasteiger partial charge in [0.2, 0.25) is 11.4 Å². The zero-order valence-electron chi connectivity index (χ0n) is 37.0. The molecule has 0 amide bonds. The molecule has 6 aromatic carbocycles. The Kier molecular flexibility index (Phi) is 14.0. The van der Waals surface area contributed by atoms with Crippen LogP contribution in [0.4, 0.5) is 40.3 Å². The van der Waals surface area contributed by atoms with Crippen molar-refractivity contribution in [2.45, 2.75) is 37.8 Å². The fourth-order valence-electron chi connectivity index (χ4n) is 9.17. The van der Waals surface area contributed by atoms with E-state index >= 15 is 0 Å². The molecule has 0 spiro atoms. The van der Waals surface area contributed by atoms with Gasteiger partial charge in [0, 0.05) is 95.8 Å². The molecule has 0 saturated carbocycles. The zero-order valence-corrected chi connectivity index (χ0v) is 37.8. The van der Waals surface area contributed by atoms with Crippen LogP contribution in [0.15, 0.2) is 122 Å². The van der Waals surface area contributed by atoms with Crippen LogP contribution in [0.25, 0.3) is 76.0 Å². The van der Waals surface area contributed by atoms with Gasteiger partial charge in [-0.05, 0) is 96.5 Å². The maximum atomic E-state index is 14.1. The number of nitrogens with two attached hydrogens (primary N) is 2. The molecule has 2 aliphatic rings. The predicted molar refractivity (Wildman–Crippen MR) is 267 cm³/mol. The number of hydrogen-bond acceptors (Lipinski definition) is 8. The van der Waals surface area contributed by atoms with Gasteiger partial charge < -0.3 is 31.5 Å². The summed E-state index contributed by atoms with van der Waals surface area (Å²) in [5.74, 6) is -2.79. The Balaban J connectivity index is 0.000000183. The van der Waals surface area contributed by atoms with Crippen LogP contribution in [-0.2, 0) is 0 Å². The minimum Gasteiger partial charge on any atom is -0.518 e. The first-order valence-corrected chi connectivity index (χ1v) is 22.1. The third-order valence-corrected chi connectivity index (χ3v) is 12.6. The topological polar surface area (TPSA) is 133 Å². The predicted octanol–water partition coefficient (Wildman–Crippen LogP) is 12.5. The van der Waals surface area contributed by atoms with Gasteiger partial charge in [-0.15, -0.1) is 12.4 Å². The largest absolute Gasteiger partial charge is 0.518 e. The third-order valence-electron chi connectivity index (χ3n) is 12.6. The number of phenolic OH excluding ortho intramolecular Hbond substituents is 2. The molecule has 0 unspecified atom stereocenters. The summed E-state index contributed by atoms with van der Waals surface area (Å²) in [6.45, 7) is 17.4. The van der Waals surface area contributed by atoms with E-state index in [4.69, 9.17) is 24.6 Å². The first kappa shape index (κ1) is 47.7. The molecule has 69 heavy (non-hydrogen) atoms. The Hall–Kier alpha value is -7.75. The average Bonchev–Trinajstić information content (AvgIpc) is 3.33. The number of hydrogen-bond donors (Lipinski definition) is 4. The van der Waals surface area contributed by atoms with Crippen molar-refractivity contribution in [3.63, 3.8) is 0 Å². The number of para-hydroxylation sites is 2. The Morgan fingerprint density at radius 2 is 0.855 bits per heavy atom. The quantitative estimate of drug-likeness (QED) is 0.0957. The first-order valence-electron chi connectivity index (χ1n) is 22.1. The van der Waals surface area contributed by atoms with Crippen LogP contribution in [-0.4, -0.2) is 58.4 Å². The fourth-order valence-corrected chi connectivity index (χ4v) is 9.17. The lowest BCUT2D eigenvalue weighted by atomic mass is 9.95. The molecule has 10 nitrogen and oxygen atoms in total. The highest BCUT2D eigenvalue weighted by Crippen LogP contribution is 2.45. The summed E-state index contributed by atoms with van der Waals surface area (Å²) in [5.41, 5.74) is 20.2. The van der Waals surface area contributed by atoms with Crippen molar-refractivity contribution in [3.05, 3.63) is 168 Å². The zero-order chi connectivity index (χ0) is 47.6. The van der Waals surface area contributed by atoms with Gasteiger partial charge in [-0.2, -0.15) is 0 Å². The molecule has 0 radical (unpaired) electrons. The molecule has 10 rings (SSSR count). The van der Waals surface area contributed by atoms with Crippen LogP contribution in [0.2, 0.25) is 0 Å². The van der Waals surface area contributed by atoms with Crippen molar-refractivity contribution < 1.29 is 27.8 Å². The van der Waals surface area contributed by atoms with Crippen molar-refractivity contribution in [1.29, 1.82) is 0 Å². The van der Waals surface area contributed by atoms with E-state index in [0.717, 1.165) is 82.1 Å². The second kappa shape index (κ2) is 20.2. The van der Waals surface area contributed by atoms with Crippen LogP contribution in [0.1, 0.15) is 25.7 Å². The van der Waals surface area contributed by atoms with Crippen molar-refractivity contribution in [2.24, 2.45) is 11.5 Å². The summed E-state index contributed by atoms with van der Waals surface area (Å²) in [7, 11) is 0. The summed E-state index contributed by atoms with van der Waals surface area (Å²) >= 11 is 0. The van der Waals surface area contributed by atoms with Crippen molar-refractivity contribution in [3.8, 4) is 56.0 Å². The summed E-state index contributed by atoms with van der Waals surface area (Å²) < 4.78 is 56.4. The molecule has 0 aliphatic carbocycles. The van der Waals surface area contributed by atoms with Crippen molar-refractivity contribution >= 4 is 57.0 Å². The number of phenols is 2. The maximum Gasteiger partial charge on any atom is 0.228 e. The second-order valence-electron chi connectivity index (χ2n) is 17.0. The normalized spacial score (nSPS) is 14.1. The number of anilines is 2. The number of fused-ring (bicyclic) bond motifs is 2. The first-order chi connectivity index (χ1) is 32.9. The van der Waals surface area contributed by atoms with Crippen molar-refractivity contribution in [1.82, 2.24) is 9.97 Å². The molecular formula is C54H45ClF4N8O2. The standard InChI is InChI=1S/2C27H22F2N4O.ClH/c2*1-31-25-4-2-3-21(27(25)34)16-5-6-24-22(13-16)26(33-9-7-20(30)8-10-33)23(15-32-24)17-11-18(28)14-19(29)12-17;/h2*2-6,11-15,20,34H,7-10,30H2;1H. The van der Waals surface area contributed by atoms with E-state index in [1.165, 1.54) is 24.3 Å². The van der Waals surface area contributed by atoms with Crippen LogP contribution < -0.4 is 21.3 Å². The molecule has 2 aliphatic heterocycles. The number of halogens is 5. The number of pyridine rings is 2. The molecule has 2 fully saturated rings. The smallest absolute Gasteiger partial charge is 0.228 e. The van der Waals surface area contributed by atoms with E-state index in [1.807, 2.05) is 36.4 Å². The monoisotopic (exact) mass is 948 g/mol. The summed E-state index contributed by atoms with van der Waals surface area (Å²) in [5, 5.41) is 22.8. The highest BCUT2D eigenvalue weighted by Gasteiger charge is 2.25. The van der Waals surface area contributed by atoms with E-state index in [1.54, 1.807) is 48.8 Å². The average molecular weight is 949 g/mol. The van der Waals surface area contributed by atoms with Gasteiger partial charge in [0.1, 0.15) is 34.8 Å². The van der Waals surface area contributed by atoms with E-state index < -0.39 is 23.3 Å². The number of aromatic nitrogens is 2. The molecule has 2 aromatic heterocycles. The molecule has 0 atom stereocenters. The van der Waals surface area contributed by atoms with Gasteiger partial charge in [0.25, 0.3) is 0 Å². The number of nitrogens with zero attached hydrogens (tertiary/aromatic N) is 6. The van der Waals surface area contributed by atoms with Gasteiger partial charge in [0.05, 0.1) is 35.6 Å². The summed E-state index contributed by atoms with van der Waals surface area (Å²) in [4.78, 5) is 20.3. The minimum atomic E-state index is -0.656. The lowest BCUT2D eigenvalue weighted by Crippen LogP contribution is -2.40. The number of benzene rings is 6. The maximum absolute atomic E-state index is 14.1. The van der Waals surface area contributed by atoms with E-state index in [9.17, 15) is 27.8 Å².